The molecule has 104 valence electrons. The molecule has 0 fully saturated rings. The van der Waals surface area contributed by atoms with Crippen molar-refractivity contribution in [3.05, 3.63) is 29.7 Å². The zero-order valence-electron chi connectivity index (χ0n) is 11.0. The van der Waals surface area contributed by atoms with Gasteiger partial charge in [-0.05, 0) is 19.9 Å². The minimum Gasteiger partial charge on any atom is -0.336 e. The van der Waals surface area contributed by atoms with Gasteiger partial charge in [-0.25, -0.2) is 13.8 Å². The molecule has 0 saturated carbocycles. The van der Waals surface area contributed by atoms with Crippen molar-refractivity contribution in [2.24, 2.45) is 0 Å². The van der Waals surface area contributed by atoms with Crippen molar-refractivity contribution in [2.45, 2.75) is 26.8 Å². The van der Waals surface area contributed by atoms with E-state index in [-0.39, 0.29) is 16.7 Å². The van der Waals surface area contributed by atoms with Crippen LogP contribution in [0.4, 0.5) is 8.78 Å². The van der Waals surface area contributed by atoms with Gasteiger partial charge in [0.2, 0.25) is 0 Å². The minimum absolute atomic E-state index is 0.118. The maximum Gasteiger partial charge on any atom is 0.264 e. The number of aromatic nitrogens is 4. The van der Waals surface area contributed by atoms with E-state index < -0.39 is 6.43 Å². The molecule has 5 nitrogen and oxygen atoms in total. The first-order valence-corrected chi connectivity index (χ1v) is 6.18. The number of hydrogen-bond donors (Lipinski definition) is 0. The third-order valence-electron chi connectivity index (χ3n) is 3.14. The molecule has 3 rings (SSSR count). The van der Waals surface area contributed by atoms with E-state index in [1.165, 1.54) is 6.07 Å². The Bertz CT molecular complexity index is 763. The van der Waals surface area contributed by atoms with Crippen molar-refractivity contribution < 1.29 is 13.3 Å². The van der Waals surface area contributed by atoms with E-state index in [0.29, 0.717) is 23.5 Å². The SMILES string of the molecule is CCn1cc(-c2cc(C(F)F)c3c(C)noc3n2)cn1. The third kappa shape index (κ3) is 1.95. The van der Waals surface area contributed by atoms with Crippen LogP contribution in [0.25, 0.3) is 22.4 Å². The highest BCUT2D eigenvalue weighted by atomic mass is 19.3. The summed E-state index contributed by atoms with van der Waals surface area (Å²) in [4.78, 5) is 4.24. The van der Waals surface area contributed by atoms with E-state index in [1.54, 1.807) is 24.0 Å². The highest BCUT2D eigenvalue weighted by Gasteiger charge is 2.20. The number of fused-ring (bicyclic) bond motifs is 1. The molecule has 0 radical (unpaired) electrons. The van der Waals surface area contributed by atoms with Gasteiger partial charge in [0.15, 0.2) is 0 Å². The Balaban J connectivity index is 2.22. The van der Waals surface area contributed by atoms with Crippen LogP contribution >= 0.6 is 0 Å². The van der Waals surface area contributed by atoms with Gasteiger partial charge in [0.05, 0.1) is 23.0 Å². The number of halogens is 2. The minimum atomic E-state index is -2.61. The van der Waals surface area contributed by atoms with Crippen molar-refractivity contribution in [3.63, 3.8) is 0 Å². The third-order valence-corrected chi connectivity index (χ3v) is 3.14. The van der Waals surface area contributed by atoms with E-state index in [4.69, 9.17) is 4.52 Å². The van der Waals surface area contributed by atoms with Crippen LogP contribution in [0, 0.1) is 6.92 Å². The maximum absolute atomic E-state index is 13.2. The molecule has 0 saturated heterocycles. The summed E-state index contributed by atoms with van der Waals surface area (Å²) in [5.41, 5.74) is 1.50. The van der Waals surface area contributed by atoms with Crippen LogP contribution in [-0.2, 0) is 6.54 Å². The summed E-state index contributed by atoms with van der Waals surface area (Å²) in [7, 11) is 0. The van der Waals surface area contributed by atoms with Crippen LogP contribution in [0.15, 0.2) is 23.0 Å². The van der Waals surface area contributed by atoms with Crippen molar-refractivity contribution in [1.29, 1.82) is 0 Å². The Morgan fingerprint density at radius 2 is 2.20 bits per heavy atom. The topological polar surface area (TPSA) is 56.7 Å². The first kappa shape index (κ1) is 12.7. The molecule has 0 aliphatic carbocycles. The summed E-state index contributed by atoms with van der Waals surface area (Å²) in [5.74, 6) is 0. The van der Waals surface area contributed by atoms with Crippen LogP contribution in [0.5, 0.6) is 0 Å². The van der Waals surface area contributed by atoms with Gasteiger partial charge in [0.25, 0.3) is 12.1 Å². The van der Waals surface area contributed by atoms with Crippen molar-refractivity contribution in [3.8, 4) is 11.3 Å². The molecule has 0 N–H and O–H groups in total. The van der Waals surface area contributed by atoms with Crippen molar-refractivity contribution in [1.82, 2.24) is 19.9 Å². The molecule has 0 aliphatic rings. The zero-order valence-corrected chi connectivity index (χ0v) is 11.0. The molecule has 3 aromatic heterocycles. The van der Waals surface area contributed by atoms with Crippen LogP contribution in [0.2, 0.25) is 0 Å². The van der Waals surface area contributed by atoms with Gasteiger partial charge < -0.3 is 4.52 Å². The van der Waals surface area contributed by atoms with Crippen molar-refractivity contribution in [2.75, 3.05) is 0 Å². The van der Waals surface area contributed by atoms with E-state index in [2.05, 4.69) is 15.2 Å². The molecule has 0 aliphatic heterocycles. The smallest absolute Gasteiger partial charge is 0.264 e. The summed E-state index contributed by atoms with van der Waals surface area (Å²) in [6, 6.07) is 1.37. The molecule has 0 amide bonds. The van der Waals surface area contributed by atoms with E-state index in [0.717, 1.165) is 0 Å². The first-order chi connectivity index (χ1) is 9.60. The van der Waals surface area contributed by atoms with E-state index in [9.17, 15) is 8.78 Å². The molecule has 7 heteroatoms. The van der Waals surface area contributed by atoms with Crippen molar-refractivity contribution >= 4 is 11.1 Å². The van der Waals surface area contributed by atoms with Crippen LogP contribution in [0.1, 0.15) is 24.6 Å². The van der Waals surface area contributed by atoms with Gasteiger partial charge in [-0.15, -0.1) is 0 Å². The molecule has 0 atom stereocenters. The summed E-state index contributed by atoms with van der Waals surface area (Å²) >= 11 is 0. The van der Waals surface area contributed by atoms with Crippen LogP contribution in [0.3, 0.4) is 0 Å². The van der Waals surface area contributed by atoms with Gasteiger partial charge in [-0.3, -0.25) is 4.68 Å². The standard InChI is InChI=1S/C13H12F2N4O/c1-3-19-6-8(5-16-19)10-4-9(12(14)15)11-7(2)18-20-13(11)17-10/h4-6,12H,3H2,1-2H3. The number of aryl methyl sites for hydroxylation is 2. The van der Waals surface area contributed by atoms with E-state index in [1.807, 2.05) is 6.92 Å². The average molecular weight is 278 g/mol. The Hall–Kier alpha value is -2.31. The normalized spacial score (nSPS) is 11.7. The largest absolute Gasteiger partial charge is 0.336 e. The van der Waals surface area contributed by atoms with Gasteiger partial charge in [-0.1, -0.05) is 5.16 Å². The molecular weight excluding hydrogens is 266 g/mol. The Morgan fingerprint density at radius 1 is 1.40 bits per heavy atom. The fourth-order valence-electron chi connectivity index (χ4n) is 2.12. The molecular formula is C13H12F2N4O. The number of rotatable bonds is 3. The second-order valence-electron chi connectivity index (χ2n) is 4.43. The van der Waals surface area contributed by atoms with Gasteiger partial charge in [-0.2, -0.15) is 5.10 Å². The second-order valence-corrected chi connectivity index (χ2v) is 4.43. The lowest BCUT2D eigenvalue weighted by molar-refractivity contribution is 0.153. The van der Waals surface area contributed by atoms with E-state index >= 15 is 0 Å². The summed E-state index contributed by atoms with van der Waals surface area (Å²) in [6.07, 6.45) is 0.738. The fourth-order valence-corrected chi connectivity index (χ4v) is 2.12. The Labute approximate surface area is 113 Å². The van der Waals surface area contributed by atoms with Crippen LogP contribution < -0.4 is 0 Å². The first-order valence-electron chi connectivity index (χ1n) is 6.18. The average Bonchev–Trinajstić information content (AvgIpc) is 3.05. The second kappa shape index (κ2) is 4.66. The van der Waals surface area contributed by atoms with Crippen LogP contribution in [-0.4, -0.2) is 19.9 Å². The summed E-state index contributed by atoms with van der Waals surface area (Å²) in [5, 5.41) is 8.10. The molecule has 0 bridgehead atoms. The lowest BCUT2D eigenvalue weighted by atomic mass is 10.1. The lowest BCUT2D eigenvalue weighted by Crippen LogP contribution is -1.93. The monoisotopic (exact) mass is 278 g/mol. The van der Waals surface area contributed by atoms with Gasteiger partial charge >= 0.3 is 0 Å². The lowest BCUT2D eigenvalue weighted by Gasteiger charge is -2.04. The summed E-state index contributed by atoms with van der Waals surface area (Å²) in [6.45, 7) is 4.26. The molecule has 0 aromatic carbocycles. The number of alkyl halides is 2. The molecule has 20 heavy (non-hydrogen) atoms. The quantitative estimate of drug-likeness (QED) is 0.737. The zero-order chi connectivity index (χ0) is 14.3. The highest BCUT2D eigenvalue weighted by molar-refractivity contribution is 5.83. The molecule has 3 aromatic rings. The number of hydrogen-bond acceptors (Lipinski definition) is 4. The molecule has 0 unspecified atom stereocenters. The fraction of sp³-hybridized carbons (Fsp3) is 0.308. The predicted octanol–water partition coefficient (Wildman–Crippen LogP) is 3.35. The highest BCUT2D eigenvalue weighted by Crippen LogP contribution is 2.32. The van der Waals surface area contributed by atoms with Gasteiger partial charge in [0.1, 0.15) is 0 Å². The van der Waals surface area contributed by atoms with Gasteiger partial charge in [0, 0.05) is 23.9 Å². The predicted molar refractivity (Wildman–Crippen MR) is 68.4 cm³/mol. The molecule has 0 spiro atoms. The maximum atomic E-state index is 13.2. The Morgan fingerprint density at radius 3 is 2.85 bits per heavy atom. The Kier molecular flexibility index (Phi) is 2.96. The number of nitrogens with zero attached hydrogens (tertiary/aromatic N) is 4. The number of pyridine rings is 1. The summed E-state index contributed by atoms with van der Waals surface area (Å²) < 4.78 is 33.1. The molecule has 3 heterocycles.